The van der Waals surface area contributed by atoms with E-state index in [0.29, 0.717) is 18.9 Å². The first-order chi connectivity index (χ1) is 10.3. The van der Waals surface area contributed by atoms with Gasteiger partial charge >= 0.3 is 0 Å². The molecule has 0 radical (unpaired) electrons. The first kappa shape index (κ1) is 15.6. The van der Waals surface area contributed by atoms with Crippen molar-refractivity contribution < 1.29 is 4.79 Å². The van der Waals surface area contributed by atoms with Gasteiger partial charge in [-0.3, -0.25) is 4.79 Å². The first-order valence-corrected chi connectivity index (χ1v) is 7.87. The van der Waals surface area contributed by atoms with E-state index in [0.717, 1.165) is 11.3 Å². The van der Waals surface area contributed by atoms with Crippen LogP contribution in [0.25, 0.3) is 0 Å². The van der Waals surface area contributed by atoms with E-state index in [4.69, 9.17) is 5.73 Å². The number of carbonyl (C=O) groups is 1. The summed E-state index contributed by atoms with van der Waals surface area (Å²) in [6.07, 6.45) is 8.19. The lowest BCUT2D eigenvalue weighted by Crippen LogP contribution is -2.16. The second-order valence-electron chi connectivity index (χ2n) is 5.70. The highest BCUT2D eigenvalue weighted by atomic mass is 16.1. The number of anilines is 1. The maximum atomic E-state index is 12.2. The van der Waals surface area contributed by atoms with Gasteiger partial charge in [-0.05, 0) is 37.0 Å². The SMILES string of the molecule is NCC#Cc1cccc(NC(=O)CC2CCCCCC2)c1. The molecule has 0 aliphatic heterocycles. The van der Waals surface area contributed by atoms with Crippen LogP contribution in [0.3, 0.4) is 0 Å². The zero-order chi connectivity index (χ0) is 14.9. The second-order valence-corrected chi connectivity index (χ2v) is 5.70. The minimum Gasteiger partial charge on any atom is -0.326 e. The Morgan fingerprint density at radius 2 is 2.00 bits per heavy atom. The van der Waals surface area contributed by atoms with Gasteiger partial charge in [-0.2, -0.15) is 0 Å². The minimum absolute atomic E-state index is 0.117. The van der Waals surface area contributed by atoms with Crippen LogP contribution >= 0.6 is 0 Å². The molecule has 0 aromatic heterocycles. The van der Waals surface area contributed by atoms with Crippen LogP contribution in [0, 0.1) is 17.8 Å². The molecular weight excluding hydrogens is 260 g/mol. The summed E-state index contributed by atoms with van der Waals surface area (Å²) in [4.78, 5) is 12.2. The highest BCUT2D eigenvalue weighted by molar-refractivity contribution is 5.91. The number of hydrogen-bond donors (Lipinski definition) is 2. The van der Waals surface area contributed by atoms with Crippen molar-refractivity contribution in [3.05, 3.63) is 29.8 Å². The molecule has 1 fully saturated rings. The molecular formula is C18H24N2O. The smallest absolute Gasteiger partial charge is 0.224 e. The Morgan fingerprint density at radius 1 is 1.24 bits per heavy atom. The van der Waals surface area contributed by atoms with E-state index in [9.17, 15) is 4.79 Å². The molecule has 1 aromatic carbocycles. The number of nitrogens with two attached hydrogens (primary N) is 1. The summed E-state index contributed by atoms with van der Waals surface area (Å²) >= 11 is 0. The van der Waals surface area contributed by atoms with E-state index in [1.807, 2.05) is 24.3 Å². The molecule has 0 spiro atoms. The molecule has 21 heavy (non-hydrogen) atoms. The number of rotatable bonds is 3. The summed E-state index contributed by atoms with van der Waals surface area (Å²) in [7, 11) is 0. The fourth-order valence-corrected chi connectivity index (χ4v) is 2.87. The predicted octanol–water partition coefficient (Wildman–Crippen LogP) is 3.30. The molecule has 2 rings (SSSR count). The molecule has 112 valence electrons. The van der Waals surface area contributed by atoms with E-state index in [-0.39, 0.29) is 5.91 Å². The molecule has 0 bridgehead atoms. The van der Waals surface area contributed by atoms with Crippen molar-refractivity contribution >= 4 is 11.6 Å². The minimum atomic E-state index is 0.117. The molecule has 3 nitrogen and oxygen atoms in total. The van der Waals surface area contributed by atoms with Gasteiger partial charge in [-0.15, -0.1) is 0 Å². The third kappa shape index (κ3) is 5.61. The van der Waals surface area contributed by atoms with Crippen LogP contribution < -0.4 is 11.1 Å². The normalized spacial score (nSPS) is 15.7. The van der Waals surface area contributed by atoms with Crippen LogP contribution in [0.4, 0.5) is 5.69 Å². The van der Waals surface area contributed by atoms with Crippen molar-refractivity contribution in [3.63, 3.8) is 0 Å². The van der Waals surface area contributed by atoms with E-state index >= 15 is 0 Å². The van der Waals surface area contributed by atoms with Crippen molar-refractivity contribution in [1.82, 2.24) is 0 Å². The Bertz CT molecular complexity index is 520. The summed E-state index contributed by atoms with van der Waals surface area (Å²) in [5.74, 6) is 6.47. The molecule has 3 N–H and O–H groups in total. The Labute approximate surface area is 127 Å². The molecule has 0 atom stereocenters. The van der Waals surface area contributed by atoms with Gasteiger partial charge < -0.3 is 11.1 Å². The lowest BCUT2D eigenvalue weighted by Gasteiger charge is -2.13. The quantitative estimate of drug-likeness (QED) is 0.661. The molecule has 1 amide bonds. The van der Waals surface area contributed by atoms with Crippen LogP contribution in [0.5, 0.6) is 0 Å². The van der Waals surface area contributed by atoms with Crippen LogP contribution in [0.2, 0.25) is 0 Å². The molecule has 1 saturated carbocycles. The number of nitrogens with one attached hydrogen (secondary N) is 1. The molecule has 3 heteroatoms. The van der Waals surface area contributed by atoms with Crippen LogP contribution in [-0.4, -0.2) is 12.5 Å². The first-order valence-electron chi connectivity index (χ1n) is 7.87. The van der Waals surface area contributed by atoms with Crippen LogP contribution in [0.15, 0.2) is 24.3 Å². The number of benzene rings is 1. The van der Waals surface area contributed by atoms with Crippen molar-refractivity contribution in [1.29, 1.82) is 0 Å². The van der Waals surface area contributed by atoms with Gasteiger partial charge in [0, 0.05) is 17.7 Å². The van der Waals surface area contributed by atoms with Crippen molar-refractivity contribution in [2.24, 2.45) is 11.7 Å². The maximum absolute atomic E-state index is 12.2. The molecule has 0 saturated heterocycles. The van der Waals surface area contributed by atoms with Gasteiger partial charge in [-0.25, -0.2) is 0 Å². The third-order valence-electron chi connectivity index (χ3n) is 3.93. The molecule has 0 unspecified atom stereocenters. The van der Waals surface area contributed by atoms with Gasteiger partial charge in [0.15, 0.2) is 0 Å². The maximum Gasteiger partial charge on any atom is 0.224 e. The van der Waals surface area contributed by atoms with Gasteiger partial charge in [0.1, 0.15) is 0 Å². The van der Waals surface area contributed by atoms with Gasteiger partial charge in [0.2, 0.25) is 5.91 Å². The monoisotopic (exact) mass is 284 g/mol. The van der Waals surface area contributed by atoms with E-state index in [1.165, 1.54) is 38.5 Å². The zero-order valence-corrected chi connectivity index (χ0v) is 12.5. The highest BCUT2D eigenvalue weighted by Gasteiger charge is 2.16. The summed E-state index contributed by atoms with van der Waals surface area (Å²) in [5.41, 5.74) is 7.07. The van der Waals surface area contributed by atoms with E-state index < -0.39 is 0 Å². The second kappa shape index (κ2) is 8.49. The topological polar surface area (TPSA) is 55.1 Å². The summed E-state index contributed by atoms with van der Waals surface area (Å²) in [6, 6.07) is 7.62. The fraction of sp³-hybridized carbons (Fsp3) is 0.500. The largest absolute Gasteiger partial charge is 0.326 e. The lowest BCUT2D eigenvalue weighted by molar-refractivity contribution is -0.117. The predicted molar refractivity (Wildman–Crippen MR) is 86.8 cm³/mol. The number of amides is 1. The molecule has 1 aromatic rings. The Morgan fingerprint density at radius 3 is 2.71 bits per heavy atom. The number of hydrogen-bond acceptors (Lipinski definition) is 2. The van der Waals surface area contributed by atoms with Gasteiger partial charge in [0.25, 0.3) is 0 Å². The van der Waals surface area contributed by atoms with Crippen LogP contribution in [-0.2, 0) is 4.79 Å². The van der Waals surface area contributed by atoms with Crippen molar-refractivity contribution in [2.45, 2.75) is 44.9 Å². The van der Waals surface area contributed by atoms with Crippen molar-refractivity contribution in [2.75, 3.05) is 11.9 Å². The average molecular weight is 284 g/mol. The standard InChI is InChI=1S/C18H24N2O/c19-12-6-10-15-9-5-11-17(13-15)20-18(21)14-16-7-3-1-2-4-8-16/h5,9,11,13,16H,1-4,7-8,12,14,19H2,(H,20,21). The van der Waals surface area contributed by atoms with E-state index in [1.54, 1.807) is 0 Å². The van der Waals surface area contributed by atoms with Crippen molar-refractivity contribution in [3.8, 4) is 11.8 Å². The molecule has 1 aliphatic rings. The Balaban J connectivity index is 1.89. The van der Waals surface area contributed by atoms with Gasteiger partial charge in [0.05, 0.1) is 6.54 Å². The number of carbonyl (C=O) groups excluding carboxylic acids is 1. The lowest BCUT2D eigenvalue weighted by atomic mass is 9.96. The average Bonchev–Trinajstić information content (AvgIpc) is 2.74. The van der Waals surface area contributed by atoms with Crippen LogP contribution in [0.1, 0.15) is 50.5 Å². The third-order valence-corrected chi connectivity index (χ3v) is 3.93. The highest BCUT2D eigenvalue weighted by Crippen LogP contribution is 2.25. The fourth-order valence-electron chi connectivity index (χ4n) is 2.87. The summed E-state index contributed by atoms with van der Waals surface area (Å²) in [5, 5.41) is 2.99. The molecule has 1 aliphatic carbocycles. The Kier molecular flexibility index (Phi) is 6.30. The Hall–Kier alpha value is -1.79. The summed E-state index contributed by atoms with van der Waals surface area (Å²) in [6.45, 7) is 0.346. The van der Waals surface area contributed by atoms with E-state index in [2.05, 4.69) is 17.2 Å². The molecule has 0 heterocycles. The zero-order valence-electron chi connectivity index (χ0n) is 12.5. The summed E-state index contributed by atoms with van der Waals surface area (Å²) < 4.78 is 0. The van der Waals surface area contributed by atoms with Gasteiger partial charge in [-0.1, -0.05) is 43.6 Å².